The molecule has 20 heavy (non-hydrogen) atoms. The summed E-state index contributed by atoms with van der Waals surface area (Å²) in [5, 5.41) is 11.8. The van der Waals surface area contributed by atoms with Crippen molar-refractivity contribution in [3.8, 4) is 0 Å². The Kier molecular flexibility index (Phi) is 9.01. The van der Waals surface area contributed by atoms with Gasteiger partial charge in [-0.3, -0.25) is 4.79 Å². The predicted molar refractivity (Wildman–Crippen MR) is 82.7 cm³/mol. The molecular weight excluding hydrogens is 254 g/mol. The van der Waals surface area contributed by atoms with Crippen LogP contribution < -0.4 is 5.73 Å². The van der Waals surface area contributed by atoms with E-state index in [4.69, 9.17) is 10.9 Å². The molecule has 5 heteroatoms. The van der Waals surface area contributed by atoms with Crippen LogP contribution >= 0.6 is 0 Å². The molecule has 0 aromatic carbocycles. The number of carbonyl (C=O) groups excluding carboxylic acids is 1. The Hall–Kier alpha value is -1.26. The van der Waals surface area contributed by atoms with Crippen molar-refractivity contribution in [1.82, 2.24) is 4.90 Å². The molecule has 3 N–H and O–H groups in total. The summed E-state index contributed by atoms with van der Waals surface area (Å²) in [7, 11) is 0. The van der Waals surface area contributed by atoms with Crippen LogP contribution in [0.3, 0.4) is 0 Å². The second-order valence-electron chi connectivity index (χ2n) is 6.18. The maximum atomic E-state index is 12.6. The molecule has 0 aromatic rings. The maximum absolute atomic E-state index is 12.6. The number of oxime groups is 1. The molecule has 0 rings (SSSR count). The van der Waals surface area contributed by atoms with E-state index in [9.17, 15) is 4.79 Å². The molecule has 118 valence electrons. The van der Waals surface area contributed by atoms with Gasteiger partial charge in [0.05, 0.1) is 5.92 Å². The summed E-state index contributed by atoms with van der Waals surface area (Å²) >= 11 is 0. The van der Waals surface area contributed by atoms with Gasteiger partial charge in [-0.2, -0.15) is 0 Å². The highest BCUT2D eigenvalue weighted by Gasteiger charge is 2.26. The molecule has 0 aliphatic rings. The van der Waals surface area contributed by atoms with E-state index in [1.165, 1.54) is 0 Å². The van der Waals surface area contributed by atoms with Crippen LogP contribution in [0.4, 0.5) is 0 Å². The normalized spacial score (nSPS) is 13.8. The zero-order valence-corrected chi connectivity index (χ0v) is 13.6. The second kappa shape index (κ2) is 9.61. The standard InChI is InChI=1S/C15H31N3O2/c1-6-13(14(16)17-20)15(19)18(9-7-11(2)3)10-8-12(4)5/h11-13,20H,6-10H2,1-5H3,(H2,16,17). The van der Waals surface area contributed by atoms with E-state index in [0.29, 0.717) is 18.3 Å². The molecule has 1 unspecified atom stereocenters. The van der Waals surface area contributed by atoms with Crippen LogP contribution in [0.5, 0.6) is 0 Å². The van der Waals surface area contributed by atoms with Crippen LogP contribution in [0.1, 0.15) is 53.9 Å². The van der Waals surface area contributed by atoms with E-state index in [1.807, 2.05) is 11.8 Å². The molecule has 1 atom stereocenters. The molecule has 0 aromatic heterocycles. The molecule has 0 fully saturated rings. The summed E-state index contributed by atoms with van der Waals surface area (Å²) in [6.45, 7) is 11.9. The van der Waals surface area contributed by atoms with Gasteiger partial charge in [0.1, 0.15) is 0 Å². The minimum Gasteiger partial charge on any atom is -0.409 e. The van der Waals surface area contributed by atoms with E-state index in [0.717, 1.165) is 25.9 Å². The molecular formula is C15H31N3O2. The lowest BCUT2D eigenvalue weighted by molar-refractivity contribution is -0.133. The van der Waals surface area contributed by atoms with Gasteiger partial charge in [0.25, 0.3) is 0 Å². The molecule has 0 bridgehead atoms. The van der Waals surface area contributed by atoms with E-state index in [2.05, 4.69) is 32.9 Å². The first kappa shape index (κ1) is 18.7. The summed E-state index contributed by atoms with van der Waals surface area (Å²) in [4.78, 5) is 14.4. The molecule has 0 radical (unpaired) electrons. The van der Waals surface area contributed by atoms with Crippen molar-refractivity contribution in [3.05, 3.63) is 0 Å². The average Bonchev–Trinajstić information content (AvgIpc) is 2.38. The number of hydrogen-bond donors (Lipinski definition) is 2. The van der Waals surface area contributed by atoms with E-state index in [1.54, 1.807) is 0 Å². The average molecular weight is 285 g/mol. The van der Waals surface area contributed by atoms with Gasteiger partial charge in [-0.05, 0) is 31.1 Å². The van der Waals surface area contributed by atoms with Gasteiger partial charge in [-0.15, -0.1) is 0 Å². The number of nitrogens with two attached hydrogens (primary N) is 1. The Morgan fingerprint density at radius 2 is 1.60 bits per heavy atom. The lowest BCUT2D eigenvalue weighted by Crippen LogP contribution is -2.43. The van der Waals surface area contributed by atoms with Crippen LogP contribution in [-0.2, 0) is 4.79 Å². The third-order valence-electron chi connectivity index (χ3n) is 3.44. The molecule has 0 saturated heterocycles. The van der Waals surface area contributed by atoms with Gasteiger partial charge in [-0.1, -0.05) is 39.8 Å². The fraction of sp³-hybridized carbons (Fsp3) is 0.867. The van der Waals surface area contributed by atoms with Crippen molar-refractivity contribution in [2.75, 3.05) is 13.1 Å². The Morgan fingerprint density at radius 1 is 1.15 bits per heavy atom. The summed E-state index contributed by atoms with van der Waals surface area (Å²) in [6, 6.07) is 0. The number of amides is 1. The van der Waals surface area contributed by atoms with Crippen molar-refractivity contribution in [2.24, 2.45) is 28.6 Å². The number of carbonyl (C=O) groups is 1. The van der Waals surface area contributed by atoms with Crippen LogP contribution in [0.2, 0.25) is 0 Å². The molecule has 0 heterocycles. The van der Waals surface area contributed by atoms with Gasteiger partial charge in [0.2, 0.25) is 5.91 Å². The molecule has 0 aliphatic heterocycles. The van der Waals surface area contributed by atoms with Gasteiger partial charge >= 0.3 is 0 Å². The highest BCUT2D eigenvalue weighted by atomic mass is 16.4. The zero-order chi connectivity index (χ0) is 15.7. The minimum absolute atomic E-state index is 0.0107. The molecule has 5 nitrogen and oxygen atoms in total. The number of nitrogens with zero attached hydrogens (tertiary/aromatic N) is 2. The lowest BCUT2D eigenvalue weighted by atomic mass is 10.0. The molecule has 0 aliphatic carbocycles. The summed E-state index contributed by atoms with van der Waals surface area (Å²) in [5.74, 6) is 0.571. The lowest BCUT2D eigenvalue weighted by Gasteiger charge is -2.28. The third kappa shape index (κ3) is 6.78. The van der Waals surface area contributed by atoms with E-state index < -0.39 is 5.92 Å². The van der Waals surface area contributed by atoms with Crippen molar-refractivity contribution in [3.63, 3.8) is 0 Å². The van der Waals surface area contributed by atoms with Crippen molar-refractivity contribution < 1.29 is 10.0 Å². The van der Waals surface area contributed by atoms with Crippen LogP contribution in [-0.4, -0.2) is 34.9 Å². The predicted octanol–water partition coefficient (Wildman–Crippen LogP) is 2.68. The monoisotopic (exact) mass is 285 g/mol. The minimum atomic E-state index is -0.515. The number of amidine groups is 1. The summed E-state index contributed by atoms with van der Waals surface area (Å²) < 4.78 is 0. The highest BCUT2D eigenvalue weighted by molar-refractivity contribution is 6.02. The van der Waals surface area contributed by atoms with Crippen molar-refractivity contribution in [1.29, 1.82) is 0 Å². The Morgan fingerprint density at radius 3 is 1.90 bits per heavy atom. The third-order valence-corrected chi connectivity index (χ3v) is 3.44. The van der Waals surface area contributed by atoms with Crippen LogP contribution in [0, 0.1) is 17.8 Å². The summed E-state index contributed by atoms with van der Waals surface area (Å²) in [5.41, 5.74) is 5.63. The van der Waals surface area contributed by atoms with Gasteiger partial charge in [-0.25, -0.2) is 0 Å². The van der Waals surface area contributed by atoms with Gasteiger partial charge in [0.15, 0.2) is 5.84 Å². The fourth-order valence-electron chi connectivity index (χ4n) is 1.96. The summed E-state index contributed by atoms with van der Waals surface area (Å²) in [6.07, 6.45) is 2.49. The van der Waals surface area contributed by atoms with Crippen molar-refractivity contribution in [2.45, 2.75) is 53.9 Å². The first-order valence-corrected chi connectivity index (χ1v) is 7.59. The largest absolute Gasteiger partial charge is 0.409 e. The first-order chi connectivity index (χ1) is 9.33. The van der Waals surface area contributed by atoms with Crippen molar-refractivity contribution >= 4 is 11.7 Å². The number of rotatable bonds is 9. The molecule has 1 amide bonds. The Labute approximate surface area is 123 Å². The Bertz CT molecular complexity index is 302. The molecule has 0 spiro atoms. The SMILES string of the molecule is CCC(C(=O)N(CCC(C)C)CCC(C)C)C(N)=NO. The van der Waals surface area contributed by atoms with Crippen LogP contribution in [0.15, 0.2) is 5.16 Å². The Balaban J connectivity index is 4.83. The van der Waals surface area contributed by atoms with E-state index >= 15 is 0 Å². The van der Waals surface area contributed by atoms with E-state index in [-0.39, 0.29) is 11.7 Å². The van der Waals surface area contributed by atoms with Crippen LogP contribution in [0.25, 0.3) is 0 Å². The fourth-order valence-corrected chi connectivity index (χ4v) is 1.96. The van der Waals surface area contributed by atoms with Gasteiger partial charge in [0, 0.05) is 13.1 Å². The van der Waals surface area contributed by atoms with Gasteiger partial charge < -0.3 is 15.8 Å². The number of hydrogen-bond acceptors (Lipinski definition) is 3. The maximum Gasteiger partial charge on any atom is 0.233 e. The first-order valence-electron chi connectivity index (χ1n) is 7.59. The second-order valence-corrected chi connectivity index (χ2v) is 6.18. The molecule has 0 saturated carbocycles. The zero-order valence-electron chi connectivity index (χ0n) is 13.6. The quantitative estimate of drug-likeness (QED) is 0.296. The topological polar surface area (TPSA) is 78.9 Å². The smallest absolute Gasteiger partial charge is 0.233 e. The highest BCUT2D eigenvalue weighted by Crippen LogP contribution is 2.13.